The van der Waals surface area contributed by atoms with Crippen molar-refractivity contribution in [2.45, 2.75) is 161 Å². The Balaban J connectivity index is 3.05. The van der Waals surface area contributed by atoms with Gasteiger partial charge in [0.25, 0.3) is 0 Å². The van der Waals surface area contributed by atoms with Crippen molar-refractivity contribution >= 4 is 0 Å². The van der Waals surface area contributed by atoms with Gasteiger partial charge in [0.1, 0.15) is 0 Å². The van der Waals surface area contributed by atoms with Crippen LogP contribution in [0.2, 0.25) is 0 Å². The van der Waals surface area contributed by atoms with E-state index in [1.807, 2.05) is 0 Å². The van der Waals surface area contributed by atoms with Crippen LogP contribution in [0.3, 0.4) is 0 Å². The summed E-state index contributed by atoms with van der Waals surface area (Å²) in [6.07, 6.45) is 34.0. The fourth-order valence-corrected chi connectivity index (χ4v) is 3.96. The first-order valence-corrected chi connectivity index (χ1v) is 13.5. The molecule has 0 heterocycles. The van der Waals surface area contributed by atoms with Gasteiger partial charge in [-0.25, -0.2) is 0 Å². The molecule has 2 radical (unpaired) electrons. The summed E-state index contributed by atoms with van der Waals surface area (Å²) >= 11 is 0. The van der Waals surface area contributed by atoms with Gasteiger partial charge in [0.2, 0.25) is 0 Å². The minimum atomic E-state index is 1.09. The summed E-state index contributed by atoms with van der Waals surface area (Å²) in [6, 6.07) is 0. The van der Waals surface area contributed by atoms with E-state index in [2.05, 4.69) is 25.7 Å². The summed E-state index contributed by atoms with van der Waals surface area (Å²) in [7, 11) is 0. The van der Waals surface area contributed by atoms with Crippen LogP contribution in [0.1, 0.15) is 161 Å². The normalized spacial score (nSPS) is 10.8. The molecule has 0 aromatic heterocycles. The van der Waals surface area contributed by atoms with Crippen molar-refractivity contribution in [1.29, 1.82) is 0 Å². The van der Waals surface area contributed by atoms with Crippen molar-refractivity contribution < 1.29 is 0 Å². The highest BCUT2D eigenvalue weighted by atomic mass is 14.0. The number of unbranched alkanes of at least 4 members (excludes halogenated alkanes) is 23. The second-order valence-electron chi connectivity index (χ2n) is 8.99. The van der Waals surface area contributed by atoms with Gasteiger partial charge >= 0.3 is 0 Å². The molecule has 0 bridgehead atoms. The van der Waals surface area contributed by atoms with E-state index in [0.717, 1.165) is 25.7 Å². The second-order valence-corrected chi connectivity index (χ2v) is 8.99. The van der Waals surface area contributed by atoms with E-state index < -0.39 is 0 Å². The van der Waals surface area contributed by atoms with E-state index in [0.29, 0.717) is 0 Å². The Morgan fingerprint density at radius 3 is 0.724 bits per heavy atom. The van der Waals surface area contributed by atoms with Crippen LogP contribution in [0.25, 0.3) is 0 Å². The van der Waals surface area contributed by atoms with E-state index >= 15 is 0 Å². The van der Waals surface area contributed by atoms with Crippen molar-refractivity contribution in [3.8, 4) is 11.8 Å². The van der Waals surface area contributed by atoms with Crippen LogP contribution < -0.4 is 0 Å². The molecular weight excluding hydrogens is 348 g/mol. The van der Waals surface area contributed by atoms with Gasteiger partial charge in [-0.1, -0.05) is 149 Å². The van der Waals surface area contributed by atoms with Gasteiger partial charge in [-0.05, 0) is 12.8 Å². The standard InChI is InChI=1S/C29H54/c1-3-5-7-9-11-13-15-17-19-21-23-25-27-29-28-26-24-22-20-18-16-14-12-10-8-6-4-2/h1-15,17,19-29H2. The Morgan fingerprint density at radius 2 is 0.483 bits per heavy atom. The first kappa shape index (κ1) is 28.6. The van der Waals surface area contributed by atoms with E-state index in [-0.39, 0.29) is 0 Å². The summed E-state index contributed by atoms with van der Waals surface area (Å²) in [5.41, 5.74) is 0. The van der Waals surface area contributed by atoms with Crippen molar-refractivity contribution in [3.05, 3.63) is 13.8 Å². The molecular formula is C29H54. The van der Waals surface area contributed by atoms with E-state index in [1.165, 1.54) is 135 Å². The van der Waals surface area contributed by atoms with E-state index in [1.54, 1.807) is 0 Å². The predicted octanol–water partition coefficient (Wildman–Crippen LogP) is 10.4. The summed E-state index contributed by atoms with van der Waals surface area (Å²) in [4.78, 5) is 0. The van der Waals surface area contributed by atoms with Gasteiger partial charge < -0.3 is 0 Å². The summed E-state index contributed by atoms with van der Waals surface area (Å²) in [5.74, 6) is 6.72. The van der Waals surface area contributed by atoms with Gasteiger partial charge in [0.15, 0.2) is 0 Å². The minimum absolute atomic E-state index is 1.09. The largest absolute Gasteiger partial charge is 0.103 e. The quantitative estimate of drug-likeness (QED) is 0.118. The van der Waals surface area contributed by atoms with Gasteiger partial charge in [-0.2, -0.15) is 0 Å². The smallest absolute Gasteiger partial charge is 0.00886 e. The van der Waals surface area contributed by atoms with Gasteiger partial charge in [-0.15, -0.1) is 11.8 Å². The molecule has 0 amide bonds. The molecule has 170 valence electrons. The Labute approximate surface area is 186 Å². The zero-order valence-electron chi connectivity index (χ0n) is 20.1. The Kier molecular flexibility index (Phi) is 27.1. The van der Waals surface area contributed by atoms with Crippen molar-refractivity contribution in [2.24, 2.45) is 0 Å². The fraction of sp³-hybridized carbons (Fsp3) is 0.862. The molecule has 0 aliphatic rings. The molecule has 0 fully saturated rings. The van der Waals surface area contributed by atoms with Gasteiger partial charge in [-0.3, -0.25) is 0 Å². The Morgan fingerprint density at radius 1 is 0.276 bits per heavy atom. The van der Waals surface area contributed by atoms with Crippen LogP contribution in [0, 0.1) is 25.7 Å². The third-order valence-electron chi connectivity index (χ3n) is 5.98. The maximum absolute atomic E-state index is 3.91. The third-order valence-corrected chi connectivity index (χ3v) is 5.98. The van der Waals surface area contributed by atoms with E-state index in [4.69, 9.17) is 0 Å². The van der Waals surface area contributed by atoms with Crippen LogP contribution in [0.5, 0.6) is 0 Å². The first-order chi connectivity index (χ1) is 14.4. The van der Waals surface area contributed by atoms with Crippen LogP contribution in [-0.4, -0.2) is 0 Å². The van der Waals surface area contributed by atoms with Crippen LogP contribution in [0.4, 0.5) is 0 Å². The Hall–Kier alpha value is -0.440. The average Bonchev–Trinajstić information content (AvgIpc) is 2.74. The molecule has 0 saturated heterocycles. The Bertz CT molecular complexity index is 332. The monoisotopic (exact) mass is 402 g/mol. The van der Waals surface area contributed by atoms with Crippen molar-refractivity contribution in [3.63, 3.8) is 0 Å². The lowest BCUT2D eigenvalue weighted by atomic mass is 10.0. The van der Waals surface area contributed by atoms with Crippen molar-refractivity contribution in [1.82, 2.24) is 0 Å². The third kappa shape index (κ3) is 27.6. The highest BCUT2D eigenvalue weighted by Crippen LogP contribution is 2.14. The number of hydrogen-bond donors (Lipinski definition) is 0. The predicted molar refractivity (Wildman–Crippen MR) is 134 cm³/mol. The molecule has 0 atom stereocenters. The van der Waals surface area contributed by atoms with Crippen LogP contribution in [0.15, 0.2) is 0 Å². The summed E-state index contributed by atoms with van der Waals surface area (Å²) in [5, 5.41) is 0. The highest BCUT2D eigenvalue weighted by molar-refractivity contribution is 4.98. The van der Waals surface area contributed by atoms with Crippen LogP contribution in [-0.2, 0) is 0 Å². The van der Waals surface area contributed by atoms with Gasteiger partial charge in [0, 0.05) is 12.8 Å². The molecule has 0 saturated carbocycles. The lowest BCUT2D eigenvalue weighted by Crippen LogP contribution is -1.84. The molecule has 0 aliphatic heterocycles. The molecule has 0 aromatic carbocycles. The molecule has 0 aromatic rings. The van der Waals surface area contributed by atoms with Crippen LogP contribution >= 0.6 is 0 Å². The molecule has 0 heteroatoms. The summed E-state index contributed by atoms with van der Waals surface area (Å²) in [6.45, 7) is 7.80. The van der Waals surface area contributed by atoms with Gasteiger partial charge in [0.05, 0.1) is 0 Å². The molecule has 0 aliphatic carbocycles. The van der Waals surface area contributed by atoms with E-state index in [9.17, 15) is 0 Å². The molecule has 0 N–H and O–H groups in total. The average molecular weight is 403 g/mol. The first-order valence-electron chi connectivity index (χ1n) is 13.5. The lowest BCUT2D eigenvalue weighted by Gasteiger charge is -2.03. The molecule has 29 heavy (non-hydrogen) atoms. The minimum Gasteiger partial charge on any atom is -0.103 e. The molecule has 0 nitrogen and oxygen atoms in total. The zero-order valence-corrected chi connectivity index (χ0v) is 20.1. The molecule has 0 rings (SSSR count). The SMILES string of the molecule is [CH2]CCCCCCC#CCCCCCCCCCCCCCCCCCCC[CH2]. The number of rotatable bonds is 23. The highest BCUT2D eigenvalue weighted by Gasteiger charge is 1.95. The molecule has 0 unspecified atom stereocenters. The summed E-state index contributed by atoms with van der Waals surface area (Å²) < 4.78 is 0. The second kappa shape index (κ2) is 27.6. The molecule has 0 spiro atoms. The number of hydrogen-bond acceptors (Lipinski definition) is 0. The van der Waals surface area contributed by atoms with Crippen molar-refractivity contribution in [2.75, 3.05) is 0 Å². The maximum atomic E-state index is 3.91. The lowest BCUT2D eigenvalue weighted by molar-refractivity contribution is 0.526. The zero-order chi connectivity index (χ0) is 21.1. The fourth-order valence-electron chi connectivity index (χ4n) is 3.96. The maximum Gasteiger partial charge on any atom is 0.00886 e. The topological polar surface area (TPSA) is 0 Å².